The average molecular weight is 300 g/mol. The van der Waals surface area contributed by atoms with Gasteiger partial charge in [-0.25, -0.2) is 0 Å². The van der Waals surface area contributed by atoms with Crippen LogP contribution in [0.2, 0.25) is 0 Å². The minimum Gasteiger partial charge on any atom is -0.396 e. The molecule has 0 spiro atoms. The van der Waals surface area contributed by atoms with Gasteiger partial charge in [0, 0.05) is 23.5 Å². The lowest BCUT2D eigenvalue weighted by Crippen LogP contribution is -2.38. The van der Waals surface area contributed by atoms with Gasteiger partial charge in [0.25, 0.3) is 5.91 Å². The van der Waals surface area contributed by atoms with Crippen molar-refractivity contribution in [2.24, 2.45) is 5.92 Å². The summed E-state index contributed by atoms with van der Waals surface area (Å²) in [5.41, 5.74) is 1.78. The minimum absolute atomic E-state index is 0.0386. The number of rotatable bonds is 5. The van der Waals surface area contributed by atoms with Crippen molar-refractivity contribution in [2.75, 3.05) is 6.61 Å². The number of amides is 1. The number of hydrogen-bond donors (Lipinski definition) is 2. The Morgan fingerprint density at radius 2 is 1.94 bits per heavy atom. The van der Waals surface area contributed by atoms with Gasteiger partial charge in [0.05, 0.1) is 0 Å². The summed E-state index contributed by atoms with van der Waals surface area (Å²) < 4.78 is 0. The van der Waals surface area contributed by atoms with E-state index in [0.29, 0.717) is 5.56 Å². The summed E-state index contributed by atoms with van der Waals surface area (Å²) in [5, 5.41) is 12.7. The van der Waals surface area contributed by atoms with Gasteiger partial charge in [-0.15, -0.1) is 0 Å². The molecule has 4 heteroatoms. The Kier molecular flexibility index (Phi) is 5.65. The highest BCUT2D eigenvalue weighted by atomic mass is 79.9. The molecule has 1 aromatic carbocycles. The number of nitrogens with one attached hydrogen (secondary N) is 1. The van der Waals surface area contributed by atoms with E-state index in [0.717, 1.165) is 10.9 Å². The van der Waals surface area contributed by atoms with Gasteiger partial charge in [0.1, 0.15) is 0 Å². The molecule has 0 heterocycles. The molecule has 1 amide bonds. The number of hydrogen-bond acceptors (Lipinski definition) is 2. The Balaban J connectivity index is 2.63. The van der Waals surface area contributed by atoms with Crippen molar-refractivity contribution in [3.05, 3.63) is 35.4 Å². The van der Waals surface area contributed by atoms with Crippen LogP contribution < -0.4 is 5.32 Å². The van der Waals surface area contributed by atoms with Crippen LogP contribution in [0, 0.1) is 5.92 Å². The fourth-order valence-corrected chi connectivity index (χ4v) is 1.71. The van der Waals surface area contributed by atoms with Crippen molar-refractivity contribution in [3.63, 3.8) is 0 Å². The van der Waals surface area contributed by atoms with Crippen molar-refractivity contribution in [1.82, 2.24) is 5.32 Å². The molecule has 0 bridgehead atoms. The highest BCUT2D eigenvalue weighted by Crippen LogP contribution is 2.09. The molecule has 1 rings (SSSR count). The quantitative estimate of drug-likeness (QED) is 0.820. The smallest absolute Gasteiger partial charge is 0.251 e. The summed E-state index contributed by atoms with van der Waals surface area (Å²) in [7, 11) is 0. The zero-order valence-corrected chi connectivity index (χ0v) is 11.7. The predicted octanol–water partition coefficient (Wildman–Crippen LogP) is 2.33. The third-order valence-corrected chi connectivity index (χ3v) is 3.52. The van der Waals surface area contributed by atoms with E-state index in [1.165, 1.54) is 0 Å². The molecule has 2 atom stereocenters. The van der Waals surface area contributed by atoms with E-state index in [2.05, 4.69) is 21.2 Å². The fourth-order valence-electron chi connectivity index (χ4n) is 1.34. The molecule has 0 saturated carbocycles. The molecule has 1 aromatic rings. The van der Waals surface area contributed by atoms with Crippen molar-refractivity contribution in [2.45, 2.75) is 25.2 Å². The van der Waals surface area contributed by atoms with Crippen LogP contribution in [0.1, 0.15) is 29.8 Å². The zero-order chi connectivity index (χ0) is 12.8. The molecule has 0 aromatic heterocycles. The lowest BCUT2D eigenvalue weighted by atomic mass is 10.0. The van der Waals surface area contributed by atoms with Gasteiger partial charge in [-0.2, -0.15) is 0 Å². The van der Waals surface area contributed by atoms with Crippen LogP contribution in [0.15, 0.2) is 24.3 Å². The third kappa shape index (κ3) is 4.13. The highest BCUT2D eigenvalue weighted by Gasteiger charge is 2.14. The van der Waals surface area contributed by atoms with Crippen molar-refractivity contribution in [1.29, 1.82) is 0 Å². The minimum atomic E-state index is -0.0982. The summed E-state index contributed by atoms with van der Waals surface area (Å²) in [6.45, 7) is 3.87. The van der Waals surface area contributed by atoms with Crippen LogP contribution in [-0.2, 0) is 5.33 Å². The first-order chi connectivity index (χ1) is 8.08. The van der Waals surface area contributed by atoms with Crippen molar-refractivity contribution in [3.8, 4) is 0 Å². The van der Waals surface area contributed by atoms with Crippen molar-refractivity contribution < 1.29 is 9.90 Å². The predicted molar refractivity (Wildman–Crippen MR) is 72.3 cm³/mol. The highest BCUT2D eigenvalue weighted by molar-refractivity contribution is 9.08. The molecular formula is C13H18BrNO2. The summed E-state index contributed by atoms with van der Waals surface area (Å²) in [6, 6.07) is 7.42. The largest absolute Gasteiger partial charge is 0.396 e. The topological polar surface area (TPSA) is 49.3 Å². The molecule has 0 aliphatic rings. The first-order valence-corrected chi connectivity index (χ1v) is 6.77. The summed E-state index contributed by atoms with van der Waals surface area (Å²) in [4.78, 5) is 11.9. The Morgan fingerprint density at radius 3 is 2.41 bits per heavy atom. The van der Waals surface area contributed by atoms with Crippen LogP contribution >= 0.6 is 15.9 Å². The molecule has 2 unspecified atom stereocenters. The molecule has 0 aliphatic heterocycles. The molecule has 0 aliphatic carbocycles. The number of carbonyl (C=O) groups is 1. The third-order valence-electron chi connectivity index (χ3n) is 2.87. The first kappa shape index (κ1) is 14.2. The van der Waals surface area contributed by atoms with Crippen molar-refractivity contribution >= 4 is 21.8 Å². The Bertz CT molecular complexity index is 364. The first-order valence-electron chi connectivity index (χ1n) is 5.65. The normalized spacial score (nSPS) is 14.1. The summed E-state index contributed by atoms with van der Waals surface area (Å²) >= 11 is 3.36. The van der Waals surface area contributed by atoms with Gasteiger partial charge in [0.2, 0.25) is 0 Å². The summed E-state index contributed by atoms with van der Waals surface area (Å²) in [6.07, 6.45) is 0. The summed E-state index contributed by atoms with van der Waals surface area (Å²) in [5.74, 6) is -0.0420. The van der Waals surface area contributed by atoms with Crippen LogP contribution in [0.25, 0.3) is 0 Å². The van der Waals surface area contributed by atoms with Gasteiger partial charge in [-0.05, 0) is 30.5 Å². The van der Waals surface area contributed by atoms with Crippen LogP contribution in [0.5, 0.6) is 0 Å². The van der Waals surface area contributed by atoms with E-state index in [9.17, 15) is 4.79 Å². The number of benzene rings is 1. The maximum atomic E-state index is 11.9. The number of aliphatic hydroxyl groups is 1. The Labute approximate surface area is 110 Å². The maximum absolute atomic E-state index is 11.9. The van der Waals surface area contributed by atoms with Crippen LogP contribution in [0.3, 0.4) is 0 Å². The van der Waals surface area contributed by atoms with E-state index < -0.39 is 0 Å². The molecular weight excluding hydrogens is 282 g/mol. The van der Waals surface area contributed by atoms with E-state index in [-0.39, 0.29) is 24.5 Å². The Hall–Kier alpha value is -0.870. The molecule has 94 valence electrons. The van der Waals surface area contributed by atoms with E-state index in [1.807, 2.05) is 38.1 Å². The second kappa shape index (κ2) is 6.77. The van der Waals surface area contributed by atoms with E-state index >= 15 is 0 Å². The lowest BCUT2D eigenvalue weighted by Gasteiger charge is -2.19. The van der Waals surface area contributed by atoms with E-state index in [4.69, 9.17) is 5.11 Å². The molecule has 0 radical (unpaired) electrons. The van der Waals surface area contributed by atoms with Gasteiger partial charge in [0.15, 0.2) is 0 Å². The molecule has 0 fully saturated rings. The van der Waals surface area contributed by atoms with Gasteiger partial charge < -0.3 is 10.4 Å². The molecule has 17 heavy (non-hydrogen) atoms. The molecule has 2 N–H and O–H groups in total. The van der Waals surface area contributed by atoms with Crippen LogP contribution in [0.4, 0.5) is 0 Å². The second-order valence-electron chi connectivity index (χ2n) is 4.25. The molecule has 0 saturated heterocycles. The number of aliphatic hydroxyl groups excluding tert-OH is 1. The lowest BCUT2D eigenvalue weighted by molar-refractivity contribution is 0.0916. The van der Waals surface area contributed by atoms with Gasteiger partial charge in [-0.3, -0.25) is 4.79 Å². The van der Waals surface area contributed by atoms with Gasteiger partial charge in [-0.1, -0.05) is 35.0 Å². The fraction of sp³-hybridized carbons (Fsp3) is 0.462. The number of alkyl halides is 1. The SMILES string of the molecule is CC(CO)C(C)NC(=O)c1ccc(CBr)cc1. The average Bonchev–Trinajstić information content (AvgIpc) is 2.37. The monoisotopic (exact) mass is 299 g/mol. The standard InChI is InChI=1S/C13H18BrNO2/c1-9(8-16)10(2)15-13(17)12-5-3-11(7-14)4-6-12/h3-6,9-10,16H,7-8H2,1-2H3,(H,15,17). The van der Waals surface area contributed by atoms with Gasteiger partial charge >= 0.3 is 0 Å². The maximum Gasteiger partial charge on any atom is 0.251 e. The Morgan fingerprint density at radius 1 is 1.35 bits per heavy atom. The number of halogens is 1. The molecule has 3 nitrogen and oxygen atoms in total. The van der Waals surface area contributed by atoms with E-state index in [1.54, 1.807) is 0 Å². The van der Waals surface area contributed by atoms with Crippen LogP contribution in [-0.4, -0.2) is 23.7 Å². The second-order valence-corrected chi connectivity index (χ2v) is 4.81. The zero-order valence-electron chi connectivity index (χ0n) is 10.1. The number of carbonyl (C=O) groups excluding carboxylic acids is 1.